The molecule has 6 nitrogen and oxygen atoms in total. The average molecular weight is 331 g/mol. The van der Waals surface area contributed by atoms with Crippen molar-refractivity contribution in [1.29, 1.82) is 0 Å². The van der Waals surface area contributed by atoms with E-state index in [0.29, 0.717) is 5.41 Å². The number of nitrogens with zero attached hydrogens (tertiary/aromatic N) is 2. The van der Waals surface area contributed by atoms with Gasteiger partial charge in [-0.3, -0.25) is 4.79 Å². The SMILES string of the molecule is CN1C(=O)[C@@H](N)COc2ccc(N3CCC4(CCOCC4)C3)cc21. The number of amides is 1. The number of likely N-dealkylation sites (N-methyl/N-ethyl adjacent to an activating group) is 1. The minimum Gasteiger partial charge on any atom is -0.489 e. The molecule has 2 N–H and O–H groups in total. The molecule has 4 rings (SSSR count). The Morgan fingerprint density at radius 2 is 2.04 bits per heavy atom. The second kappa shape index (κ2) is 5.93. The third-order valence-corrected chi connectivity index (χ3v) is 5.73. The third-order valence-electron chi connectivity index (χ3n) is 5.73. The Morgan fingerprint density at radius 1 is 1.25 bits per heavy atom. The maximum Gasteiger partial charge on any atom is 0.247 e. The van der Waals surface area contributed by atoms with Crippen molar-refractivity contribution in [3.8, 4) is 5.75 Å². The van der Waals surface area contributed by atoms with Gasteiger partial charge in [-0.25, -0.2) is 0 Å². The number of anilines is 2. The summed E-state index contributed by atoms with van der Waals surface area (Å²) in [5, 5.41) is 0. The van der Waals surface area contributed by atoms with Gasteiger partial charge >= 0.3 is 0 Å². The van der Waals surface area contributed by atoms with E-state index in [-0.39, 0.29) is 12.5 Å². The lowest BCUT2D eigenvalue weighted by atomic mass is 9.80. The standard InChI is InChI=1S/C18H25N3O3/c1-20-15-10-13(2-3-16(15)24-11-14(19)17(20)22)21-7-4-18(12-21)5-8-23-9-6-18/h2-3,10,14H,4-9,11-12,19H2,1H3/t14-/m0/s1. The van der Waals surface area contributed by atoms with Crippen molar-refractivity contribution in [1.82, 2.24) is 0 Å². The molecule has 1 atom stereocenters. The smallest absolute Gasteiger partial charge is 0.247 e. The maximum absolute atomic E-state index is 12.3. The quantitative estimate of drug-likeness (QED) is 0.842. The van der Waals surface area contributed by atoms with E-state index < -0.39 is 6.04 Å². The highest BCUT2D eigenvalue weighted by Gasteiger charge is 2.39. The zero-order chi connectivity index (χ0) is 16.7. The molecule has 0 unspecified atom stereocenters. The highest BCUT2D eigenvalue weighted by atomic mass is 16.5. The molecule has 3 aliphatic rings. The summed E-state index contributed by atoms with van der Waals surface area (Å²) in [4.78, 5) is 16.3. The number of hydrogen-bond acceptors (Lipinski definition) is 5. The van der Waals surface area contributed by atoms with Crippen molar-refractivity contribution in [3.63, 3.8) is 0 Å². The lowest BCUT2D eigenvalue weighted by molar-refractivity contribution is -0.119. The predicted molar refractivity (Wildman–Crippen MR) is 92.6 cm³/mol. The topological polar surface area (TPSA) is 68.0 Å². The van der Waals surface area contributed by atoms with Crippen LogP contribution in [0.1, 0.15) is 19.3 Å². The molecule has 2 saturated heterocycles. The Bertz CT molecular complexity index is 642. The largest absolute Gasteiger partial charge is 0.489 e. The van der Waals surface area contributed by atoms with Crippen molar-refractivity contribution in [3.05, 3.63) is 18.2 Å². The van der Waals surface area contributed by atoms with Crippen LogP contribution in [-0.2, 0) is 9.53 Å². The van der Waals surface area contributed by atoms with Gasteiger partial charge in [0.05, 0.1) is 5.69 Å². The predicted octanol–water partition coefficient (Wildman–Crippen LogP) is 1.38. The molecule has 3 heterocycles. The molecule has 130 valence electrons. The van der Waals surface area contributed by atoms with E-state index in [2.05, 4.69) is 17.0 Å². The lowest BCUT2D eigenvalue weighted by Crippen LogP contribution is -2.43. The molecule has 24 heavy (non-hydrogen) atoms. The van der Waals surface area contributed by atoms with Crippen molar-refractivity contribution in [2.24, 2.45) is 11.1 Å². The van der Waals surface area contributed by atoms with Crippen molar-refractivity contribution in [2.75, 3.05) is 49.8 Å². The number of fused-ring (bicyclic) bond motifs is 1. The number of carbonyl (C=O) groups is 1. The number of nitrogens with two attached hydrogens (primary N) is 1. The Morgan fingerprint density at radius 3 is 2.83 bits per heavy atom. The first-order valence-electron chi connectivity index (χ1n) is 8.71. The monoisotopic (exact) mass is 331 g/mol. The fourth-order valence-electron chi connectivity index (χ4n) is 4.07. The molecule has 2 fully saturated rings. The fraction of sp³-hybridized carbons (Fsp3) is 0.611. The molecule has 0 aromatic heterocycles. The number of hydrogen-bond donors (Lipinski definition) is 1. The van der Waals surface area contributed by atoms with E-state index in [4.69, 9.17) is 15.2 Å². The van der Waals surface area contributed by atoms with Crippen LogP contribution >= 0.6 is 0 Å². The summed E-state index contributed by atoms with van der Waals surface area (Å²) in [7, 11) is 1.77. The van der Waals surface area contributed by atoms with E-state index in [9.17, 15) is 4.79 Å². The Labute approximate surface area is 142 Å². The first-order chi connectivity index (χ1) is 11.6. The van der Waals surface area contributed by atoms with Crippen LogP contribution in [0.5, 0.6) is 5.75 Å². The average Bonchev–Trinajstić information content (AvgIpc) is 2.97. The van der Waals surface area contributed by atoms with Gasteiger partial charge in [-0.1, -0.05) is 0 Å². The summed E-state index contributed by atoms with van der Waals surface area (Å²) < 4.78 is 11.2. The molecule has 0 saturated carbocycles. The first-order valence-corrected chi connectivity index (χ1v) is 8.71. The molecule has 1 aromatic carbocycles. The Kier molecular flexibility index (Phi) is 3.89. The normalized spacial score (nSPS) is 26.2. The second-order valence-electron chi connectivity index (χ2n) is 7.25. The van der Waals surface area contributed by atoms with Gasteiger partial charge in [0.2, 0.25) is 5.91 Å². The second-order valence-corrected chi connectivity index (χ2v) is 7.25. The molecule has 3 aliphatic heterocycles. The molecule has 1 spiro atoms. The number of carbonyl (C=O) groups excluding carboxylic acids is 1. The minimum atomic E-state index is -0.608. The minimum absolute atomic E-state index is 0.103. The molecule has 0 radical (unpaired) electrons. The Balaban J connectivity index is 1.59. The summed E-state index contributed by atoms with van der Waals surface area (Å²) in [5.41, 5.74) is 8.21. The number of ether oxygens (including phenoxy) is 2. The van der Waals surface area contributed by atoms with Gasteiger partial charge in [-0.15, -0.1) is 0 Å². The van der Waals surface area contributed by atoms with Gasteiger partial charge in [-0.05, 0) is 42.9 Å². The van der Waals surface area contributed by atoms with Crippen LogP contribution in [0.25, 0.3) is 0 Å². The van der Waals surface area contributed by atoms with Crippen LogP contribution in [0.15, 0.2) is 18.2 Å². The molecule has 6 heteroatoms. The van der Waals surface area contributed by atoms with E-state index >= 15 is 0 Å². The summed E-state index contributed by atoms with van der Waals surface area (Å²) in [6, 6.07) is 5.50. The summed E-state index contributed by atoms with van der Waals surface area (Å²) in [6.07, 6.45) is 3.50. The molecule has 1 amide bonds. The van der Waals surface area contributed by atoms with Gasteiger partial charge in [0.25, 0.3) is 0 Å². The summed E-state index contributed by atoms with van der Waals surface area (Å²) >= 11 is 0. The van der Waals surface area contributed by atoms with Gasteiger partial charge in [0, 0.05) is 39.0 Å². The zero-order valence-corrected chi connectivity index (χ0v) is 14.2. The van der Waals surface area contributed by atoms with Crippen molar-refractivity contribution in [2.45, 2.75) is 25.3 Å². The van der Waals surface area contributed by atoms with E-state index in [1.807, 2.05) is 6.07 Å². The van der Waals surface area contributed by atoms with E-state index in [1.165, 1.54) is 6.42 Å². The molecule has 0 aliphatic carbocycles. The zero-order valence-electron chi connectivity index (χ0n) is 14.2. The first kappa shape index (κ1) is 15.7. The van der Waals surface area contributed by atoms with Crippen LogP contribution < -0.4 is 20.3 Å². The van der Waals surface area contributed by atoms with Crippen molar-refractivity contribution >= 4 is 17.3 Å². The molecule has 1 aromatic rings. The van der Waals surface area contributed by atoms with E-state index in [0.717, 1.165) is 56.3 Å². The van der Waals surface area contributed by atoms with Crippen molar-refractivity contribution < 1.29 is 14.3 Å². The third kappa shape index (κ3) is 2.63. The van der Waals surface area contributed by atoms with E-state index in [1.54, 1.807) is 11.9 Å². The van der Waals surface area contributed by atoms with Gasteiger partial charge in [-0.2, -0.15) is 0 Å². The molecular formula is C18H25N3O3. The maximum atomic E-state index is 12.3. The number of rotatable bonds is 1. The molecule has 0 bridgehead atoms. The van der Waals surface area contributed by atoms with Crippen LogP contribution in [0.4, 0.5) is 11.4 Å². The summed E-state index contributed by atoms with van der Waals surface area (Å²) in [6.45, 7) is 4.09. The van der Waals surface area contributed by atoms with Crippen LogP contribution in [-0.4, -0.2) is 51.9 Å². The summed E-state index contributed by atoms with van der Waals surface area (Å²) in [5.74, 6) is 0.621. The van der Waals surface area contributed by atoms with Gasteiger partial charge in [0.15, 0.2) is 0 Å². The van der Waals surface area contributed by atoms with Crippen LogP contribution in [0, 0.1) is 5.41 Å². The lowest BCUT2D eigenvalue weighted by Gasteiger charge is -2.33. The Hall–Kier alpha value is -1.79. The van der Waals surface area contributed by atoms with Gasteiger partial charge < -0.3 is 25.0 Å². The highest BCUT2D eigenvalue weighted by Crippen LogP contribution is 2.43. The highest BCUT2D eigenvalue weighted by molar-refractivity contribution is 5.99. The van der Waals surface area contributed by atoms with Crippen LogP contribution in [0.2, 0.25) is 0 Å². The number of benzene rings is 1. The van der Waals surface area contributed by atoms with Gasteiger partial charge in [0.1, 0.15) is 18.4 Å². The van der Waals surface area contributed by atoms with Crippen LogP contribution in [0.3, 0.4) is 0 Å². The molecular weight excluding hydrogens is 306 g/mol. The fourth-order valence-corrected chi connectivity index (χ4v) is 4.07.